The molecule has 1 amide bonds. The summed E-state index contributed by atoms with van der Waals surface area (Å²) in [7, 11) is 0. The standard InChI is InChI=1S/C8H12N4O5.ClH.Na.H/c9-6(16)7-10-2-12(11-7)8-5(15)4(14)3(1-13)17-8;;;/h2-5,8,13-15H,1H2,(H2,9,16);1H;;/q;;+1;-1/t3-,4-,5-,8-;;;/m1.../s1. The van der Waals surface area contributed by atoms with Gasteiger partial charge in [-0.2, -0.15) is 0 Å². The molecule has 1 saturated heterocycles. The number of nitrogens with two attached hydrogens (primary N) is 1. The van der Waals surface area contributed by atoms with E-state index >= 15 is 0 Å². The number of halogens is 1. The minimum atomic E-state index is -1.27. The van der Waals surface area contributed by atoms with Crippen LogP contribution in [0.4, 0.5) is 0 Å². The molecule has 1 aliphatic heterocycles. The smallest absolute Gasteiger partial charge is 1.00 e. The molecule has 5 N–H and O–H groups in total. The van der Waals surface area contributed by atoms with E-state index in [9.17, 15) is 15.0 Å². The Labute approximate surface area is 139 Å². The van der Waals surface area contributed by atoms with Gasteiger partial charge in [0.05, 0.1) is 6.61 Å². The molecule has 9 nitrogen and oxygen atoms in total. The maximum absolute atomic E-state index is 10.8. The molecule has 4 atom stereocenters. The van der Waals surface area contributed by atoms with Crippen LogP contribution in [-0.4, -0.2) is 60.9 Å². The summed E-state index contributed by atoms with van der Waals surface area (Å²) in [6.07, 6.45) is -3.26. The maximum atomic E-state index is 10.8. The number of nitrogens with zero attached hydrogens (tertiary/aromatic N) is 3. The summed E-state index contributed by atoms with van der Waals surface area (Å²) in [5.74, 6) is -1.03. The second-order valence-electron chi connectivity index (χ2n) is 3.64. The molecule has 1 aromatic rings. The number of hydrogen-bond donors (Lipinski definition) is 4. The quantitative estimate of drug-likeness (QED) is 0.406. The van der Waals surface area contributed by atoms with Crippen molar-refractivity contribution >= 4 is 5.91 Å². The van der Waals surface area contributed by atoms with Gasteiger partial charge >= 0.3 is 31.0 Å². The summed E-state index contributed by atoms with van der Waals surface area (Å²) in [4.78, 5) is 14.4. The van der Waals surface area contributed by atoms with Crippen LogP contribution < -0.4 is 47.7 Å². The van der Waals surface area contributed by atoms with Crippen molar-refractivity contribution in [2.45, 2.75) is 24.5 Å². The van der Waals surface area contributed by atoms with E-state index in [1.165, 1.54) is 0 Å². The normalized spacial score (nSPS) is 29.4. The SMILES string of the molecule is NC(=O)c1ncn([C@@H]2O[C@H](CO)[C@@H](O)[C@H]2O)n1.[Cl-].[H+].[H-].[Na+]. The van der Waals surface area contributed by atoms with Crippen molar-refractivity contribution in [2.75, 3.05) is 6.61 Å². The van der Waals surface area contributed by atoms with Crippen LogP contribution >= 0.6 is 0 Å². The fourth-order valence-corrected chi connectivity index (χ4v) is 1.61. The third kappa shape index (κ3) is 3.64. The molecule has 0 radical (unpaired) electrons. The van der Waals surface area contributed by atoms with Gasteiger partial charge in [0, 0.05) is 0 Å². The van der Waals surface area contributed by atoms with E-state index in [4.69, 9.17) is 15.6 Å². The van der Waals surface area contributed by atoms with E-state index in [1.807, 2.05) is 0 Å². The molecule has 104 valence electrons. The molecular weight excluding hydrogens is 291 g/mol. The van der Waals surface area contributed by atoms with E-state index in [0.717, 1.165) is 11.0 Å². The molecule has 0 aliphatic carbocycles. The summed E-state index contributed by atoms with van der Waals surface area (Å²) in [5, 5.41) is 31.8. The van der Waals surface area contributed by atoms with Crippen LogP contribution in [0.15, 0.2) is 6.33 Å². The monoisotopic (exact) mass is 304 g/mol. The van der Waals surface area contributed by atoms with Crippen molar-refractivity contribution in [3.63, 3.8) is 0 Å². The number of rotatable bonds is 3. The summed E-state index contributed by atoms with van der Waals surface area (Å²) in [6, 6.07) is 0. The second-order valence-corrected chi connectivity index (χ2v) is 3.64. The minimum Gasteiger partial charge on any atom is -1.00 e. The first-order valence-electron chi connectivity index (χ1n) is 4.88. The van der Waals surface area contributed by atoms with Gasteiger partial charge in [0.2, 0.25) is 5.82 Å². The molecule has 2 heterocycles. The fraction of sp³-hybridized carbons (Fsp3) is 0.625. The molecule has 1 aliphatic rings. The molecule has 0 aromatic carbocycles. The largest absolute Gasteiger partial charge is 1.00 e. The van der Waals surface area contributed by atoms with Crippen LogP contribution in [0.1, 0.15) is 19.7 Å². The third-order valence-corrected chi connectivity index (χ3v) is 2.51. The zero-order valence-corrected chi connectivity index (χ0v) is 12.8. The zero-order chi connectivity index (χ0) is 12.6. The van der Waals surface area contributed by atoms with Gasteiger partial charge < -0.3 is 39.6 Å². The predicted octanol–water partition coefficient (Wildman–Crippen LogP) is -8.78. The van der Waals surface area contributed by atoms with Gasteiger partial charge in [-0.05, 0) is 0 Å². The first-order chi connectivity index (χ1) is 8.04. The van der Waals surface area contributed by atoms with Gasteiger partial charge in [0.15, 0.2) is 6.23 Å². The van der Waals surface area contributed by atoms with Crippen molar-refractivity contribution in [1.29, 1.82) is 0 Å². The van der Waals surface area contributed by atoms with Crippen LogP contribution in [0.5, 0.6) is 0 Å². The second kappa shape index (κ2) is 7.50. The van der Waals surface area contributed by atoms with E-state index in [-0.39, 0.29) is 50.6 Å². The van der Waals surface area contributed by atoms with Gasteiger partial charge in [-0.25, -0.2) is 9.67 Å². The van der Waals surface area contributed by atoms with Gasteiger partial charge in [-0.3, -0.25) is 4.79 Å². The molecule has 1 aromatic heterocycles. The number of aromatic nitrogens is 3. The van der Waals surface area contributed by atoms with Crippen molar-refractivity contribution in [3.8, 4) is 0 Å². The molecule has 0 unspecified atom stereocenters. The number of carbonyl (C=O) groups is 1. The zero-order valence-electron chi connectivity index (χ0n) is 12.0. The van der Waals surface area contributed by atoms with Crippen LogP contribution in [0.3, 0.4) is 0 Å². The minimum absolute atomic E-state index is 0. The Morgan fingerprint density at radius 2 is 2.21 bits per heavy atom. The number of aliphatic hydroxyl groups is 3. The van der Waals surface area contributed by atoms with E-state index in [1.54, 1.807) is 0 Å². The van der Waals surface area contributed by atoms with E-state index < -0.39 is 37.1 Å². The number of primary amides is 1. The molecule has 0 bridgehead atoms. The third-order valence-electron chi connectivity index (χ3n) is 2.51. The van der Waals surface area contributed by atoms with Crippen molar-refractivity contribution in [2.24, 2.45) is 5.73 Å². The first kappa shape index (κ1) is 18.7. The molecule has 1 fully saturated rings. The van der Waals surface area contributed by atoms with E-state index in [0.29, 0.717) is 0 Å². The van der Waals surface area contributed by atoms with Crippen LogP contribution in [0.25, 0.3) is 0 Å². The predicted molar refractivity (Wildman–Crippen MR) is 53.8 cm³/mol. The Bertz CT molecular complexity index is 443. The van der Waals surface area contributed by atoms with Crippen LogP contribution in [-0.2, 0) is 4.74 Å². The summed E-state index contributed by atoms with van der Waals surface area (Å²) in [6.45, 7) is -0.438. The number of ether oxygens (including phenoxy) is 1. The Morgan fingerprint density at radius 3 is 2.63 bits per heavy atom. The van der Waals surface area contributed by atoms with Gasteiger partial charge in [0.25, 0.3) is 5.91 Å². The maximum Gasteiger partial charge on any atom is 1.00 e. The van der Waals surface area contributed by atoms with Crippen molar-refractivity contribution < 1.29 is 69.7 Å². The topological polar surface area (TPSA) is 144 Å². The average Bonchev–Trinajstić information content (AvgIpc) is 2.87. The molecule has 0 saturated carbocycles. The summed E-state index contributed by atoms with van der Waals surface area (Å²) in [5.41, 5.74) is 4.97. The molecule has 2 rings (SSSR count). The Kier molecular flexibility index (Phi) is 7.40. The summed E-state index contributed by atoms with van der Waals surface area (Å²) >= 11 is 0. The Morgan fingerprint density at radius 1 is 1.58 bits per heavy atom. The number of carbonyl (C=O) groups excluding carboxylic acids is 1. The molecule has 0 spiro atoms. The molecular formula is C8H14ClN4NaO5. The Balaban J connectivity index is -0.000000810. The molecule has 11 heteroatoms. The number of aliphatic hydroxyl groups excluding tert-OH is 3. The van der Waals surface area contributed by atoms with Gasteiger partial charge in [-0.1, -0.05) is 0 Å². The average molecular weight is 305 g/mol. The van der Waals surface area contributed by atoms with Gasteiger partial charge in [-0.15, -0.1) is 5.10 Å². The van der Waals surface area contributed by atoms with Crippen molar-refractivity contribution in [3.05, 3.63) is 12.2 Å². The molecule has 19 heavy (non-hydrogen) atoms. The number of hydrogen-bond acceptors (Lipinski definition) is 7. The first-order valence-corrected chi connectivity index (χ1v) is 4.88. The van der Waals surface area contributed by atoms with Crippen LogP contribution in [0.2, 0.25) is 0 Å². The van der Waals surface area contributed by atoms with Crippen molar-refractivity contribution in [1.82, 2.24) is 14.8 Å². The summed E-state index contributed by atoms with van der Waals surface area (Å²) < 4.78 is 6.25. The Hall–Kier alpha value is -0.260. The van der Waals surface area contributed by atoms with Gasteiger partial charge in [0.1, 0.15) is 24.6 Å². The fourth-order valence-electron chi connectivity index (χ4n) is 1.61. The number of amides is 1. The van der Waals surface area contributed by atoms with Crippen LogP contribution in [0, 0.1) is 0 Å². The van der Waals surface area contributed by atoms with E-state index in [2.05, 4.69) is 10.1 Å².